The van der Waals surface area contributed by atoms with Crippen molar-refractivity contribution in [2.24, 2.45) is 0 Å². The first kappa shape index (κ1) is 20.9. The van der Waals surface area contributed by atoms with Gasteiger partial charge in [0.2, 0.25) is 5.91 Å². The molecule has 7 nitrogen and oxygen atoms in total. The molecule has 4 rings (SSSR count). The number of anilines is 4. The fourth-order valence-corrected chi connectivity index (χ4v) is 3.98. The molecule has 0 aliphatic carbocycles. The number of morpholine rings is 1. The Labute approximate surface area is 185 Å². The van der Waals surface area contributed by atoms with Gasteiger partial charge in [0, 0.05) is 43.0 Å². The number of carbonyl (C=O) groups excluding carboxylic acids is 1. The van der Waals surface area contributed by atoms with E-state index in [1.165, 1.54) is 6.92 Å². The van der Waals surface area contributed by atoms with E-state index in [0.29, 0.717) is 35.2 Å². The predicted molar refractivity (Wildman–Crippen MR) is 123 cm³/mol. The van der Waals surface area contributed by atoms with Gasteiger partial charge in [0.25, 0.3) is 0 Å². The van der Waals surface area contributed by atoms with Crippen molar-refractivity contribution in [3.05, 3.63) is 52.7 Å². The van der Waals surface area contributed by atoms with Gasteiger partial charge in [0.15, 0.2) is 0 Å². The Morgan fingerprint density at radius 2 is 2.03 bits per heavy atom. The minimum Gasteiger partial charge on any atom is -0.378 e. The number of ether oxygens (including phenoxy) is 1. The number of nitrogens with one attached hydrogen (secondary N) is 2. The van der Waals surface area contributed by atoms with Gasteiger partial charge in [-0.15, -0.1) is 0 Å². The molecule has 1 aliphatic rings. The largest absolute Gasteiger partial charge is 0.378 e. The fraction of sp³-hybridized carbons (Fsp3) is 0.261. The number of pyridine rings is 1. The Kier molecular flexibility index (Phi) is 5.94. The minimum absolute atomic E-state index is 0.160. The van der Waals surface area contributed by atoms with Crippen molar-refractivity contribution < 1.29 is 9.53 Å². The van der Waals surface area contributed by atoms with E-state index >= 15 is 0 Å². The highest BCUT2D eigenvalue weighted by Crippen LogP contribution is 2.35. The predicted octanol–water partition coefficient (Wildman–Crippen LogP) is 4.61. The summed E-state index contributed by atoms with van der Waals surface area (Å²) in [6, 6.07) is 11.7. The van der Waals surface area contributed by atoms with E-state index in [1.807, 2.05) is 37.3 Å². The van der Waals surface area contributed by atoms with Crippen LogP contribution >= 0.6 is 11.6 Å². The lowest BCUT2D eigenvalue weighted by atomic mass is 10.1. The quantitative estimate of drug-likeness (QED) is 0.622. The van der Waals surface area contributed by atoms with E-state index < -0.39 is 0 Å². The second-order valence-electron chi connectivity index (χ2n) is 7.41. The van der Waals surface area contributed by atoms with Crippen LogP contribution in [0.2, 0.25) is 5.02 Å². The van der Waals surface area contributed by atoms with Crippen LogP contribution in [0.25, 0.3) is 10.9 Å². The molecule has 1 aliphatic heterocycles. The third kappa shape index (κ3) is 4.41. The lowest BCUT2D eigenvalue weighted by Crippen LogP contribution is -2.36. The standard InChI is InChI=1S/C23H22ClN5O2/c1-14-9-21-18(11-20(14)27-15(2)30)23(16(12-25)13-26-21)28-17-3-4-22(19(24)10-17)29-5-7-31-8-6-29/h3-4,9-11,13H,5-8H2,1-2H3,(H,26,28)(H,27,30). The van der Waals surface area contributed by atoms with E-state index in [0.717, 1.165) is 40.9 Å². The van der Waals surface area contributed by atoms with Crippen LogP contribution < -0.4 is 15.5 Å². The summed E-state index contributed by atoms with van der Waals surface area (Å²) in [7, 11) is 0. The maximum absolute atomic E-state index is 11.6. The van der Waals surface area contributed by atoms with Crippen molar-refractivity contribution >= 4 is 51.2 Å². The number of amides is 1. The number of rotatable bonds is 4. The van der Waals surface area contributed by atoms with Gasteiger partial charge in [0.05, 0.1) is 40.7 Å². The summed E-state index contributed by atoms with van der Waals surface area (Å²) < 4.78 is 5.41. The van der Waals surface area contributed by atoms with Crippen LogP contribution in [0.5, 0.6) is 0 Å². The molecular formula is C23H22ClN5O2. The number of hydrogen-bond donors (Lipinski definition) is 2. The first-order valence-electron chi connectivity index (χ1n) is 9.96. The van der Waals surface area contributed by atoms with Crippen molar-refractivity contribution in [3.63, 3.8) is 0 Å². The highest BCUT2D eigenvalue weighted by Gasteiger charge is 2.16. The number of benzene rings is 2. The molecule has 2 aromatic carbocycles. The normalized spacial score (nSPS) is 13.7. The SMILES string of the molecule is CC(=O)Nc1cc2c(Nc3ccc(N4CCOCC4)c(Cl)c3)c(C#N)cnc2cc1C. The molecule has 158 valence electrons. The number of halogens is 1. The van der Waals surface area contributed by atoms with Gasteiger partial charge < -0.3 is 20.3 Å². The fourth-order valence-electron chi connectivity index (χ4n) is 3.68. The Morgan fingerprint density at radius 1 is 1.26 bits per heavy atom. The minimum atomic E-state index is -0.160. The second kappa shape index (κ2) is 8.80. The maximum atomic E-state index is 11.6. The summed E-state index contributed by atoms with van der Waals surface area (Å²) in [4.78, 5) is 18.2. The average Bonchev–Trinajstić information content (AvgIpc) is 2.75. The monoisotopic (exact) mass is 435 g/mol. The average molecular weight is 436 g/mol. The molecular weight excluding hydrogens is 414 g/mol. The van der Waals surface area contributed by atoms with Crippen LogP contribution in [0, 0.1) is 18.3 Å². The molecule has 0 saturated carbocycles. The summed E-state index contributed by atoms with van der Waals surface area (Å²) in [5.74, 6) is -0.160. The van der Waals surface area contributed by atoms with Crippen LogP contribution in [0.15, 0.2) is 36.5 Å². The Morgan fingerprint density at radius 3 is 2.71 bits per heavy atom. The van der Waals surface area contributed by atoms with Gasteiger partial charge in [-0.2, -0.15) is 5.26 Å². The number of aryl methyl sites for hydroxylation is 1. The Bertz CT molecular complexity index is 1200. The molecule has 8 heteroatoms. The molecule has 2 N–H and O–H groups in total. The Hall–Kier alpha value is -3.34. The number of fused-ring (bicyclic) bond motifs is 1. The van der Waals surface area contributed by atoms with Crippen LogP contribution in [0.3, 0.4) is 0 Å². The third-order valence-electron chi connectivity index (χ3n) is 5.21. The smallest absolute Gasteiger partial charge is 0.221 e. The van der Waals surface area contributed by atoms with Crippen molar-refractivity contribution in [3.8, 4) is 6.07 Å². The molecule has 1 aromatic heterocycles. The lowest BCUT2D eigenvalue weighted by molar-refractivity contribution is -0.114. The van der Waals surface area contributed by atoms with Crippen molar-refractivity contribution in [1.29, 1.82) is 5.26 Å². The third-order valence-corrected chi connectivity index (χ3v) is 5.52. The van der Waals surface area contributed by atoms with E-state index in [4.69, 9.17) is 16.3 Å². The van der Waals surface area contributed by atoms with Gasteiger partial charge >= 0.3 is 0 Å². The zero-order valence-corrected chi connectivity index (χ0v) is 18.1. The summed E-state index contributed by atoms with van der Waals surface area (Å²) in [5.41, 5.74) is 5.04. The van der Waals surface area contributed by atoms with Gasteiger partial charge in [-0.1, -0.05) is 11.6 Å². The van der Waals surface area contributed by atoms with Crippen molar-refractivity contribution in [2.75, 3.05) is 41.8 Å². The number of nitrogens with zero attached hydrogens (tertiary/aromatic N) is 3. The van der Waals surface area contributed by atoms with E-state index in [-0.39, 0.29) is 5.91 Å². The topological polar surface area (TPSA) is 90.3 Å². The molecule has 1 fully saturated rings. The van der Waals surface area contributed by atoms with Crippen molar-refractivity contribution in [1.82, 2.24) is 4.98 Å². The van der Waals surface area contributed by atoms with Crippen molar-refractivity contribution in [2.45, 2.75) is 13.8 Å². The van der Waals surface area contributed by atoms with Gasteiger partial charge in [0.1, 0.15) is 6.07 Å². The van der Waals surface area contributed by atoms with Crippen LogP contribution in [-0.2, 0) is 9.53 Å². The number of aromatic nitrogens is 1. The van der Waals surface area contributed by atoms with Gasteiger partial charge in [-0.3, -0.25) is 9.78 Å². The zero-order chi connectivity index (χ0) is 22.0. The van der Waals surface area contributed by atoms with Crippen LogP contribution in [-0.4, -0.2) is 37.2 Å². The molecule has 3 aromatic rings. The molecule has 1 saturated heterocycles. The summed E-state index contributed by atoms with van der Waals surface area (Å²) >= 11 is 6.58. The van der Waals surface area contributed by atoms with Crippen LogP contribution in [0.4, 0.5) is 22.7 Å². The van der Waals surface area contributed by atoms with Crippen LogP contribution in [0.1, 0.15) is 18.1 Å². The van der Waals surface area contributed by atoms with Gasteiger partial charge in [-0.25, -0.2) is 0 Å². The molecule has 0 atom stereocenters. The zero-order valence-electron chi connectivity index (χ0n) is 17.3. The van der Waals surface area contributed by atoms with E-state index in [1.54, 1.807) is 6.20 Å². The number of nitriles is 1. The first-order chi connectivity index (χ1) is 15.0. The summed E-state index contributed by atoms with van der Waals surface area (Å²) in [6.45, 7) is 6.32. The van der Waals surface area contributed by atoms with Gasteiger partial charge in [-0.05, 0) is 42.8 Å². The molecule has 1 amide bonds. The Balaban J connectivity index is 1.74. The van der Waals surface area contributed by atoms with E-state index in [2.05, 4.69) is 26.6 Å². The molecule has 0 bridgehead atoms. The lowest BCUT2D eigenvalue weighted by Gasteiger charge is -2.29. The molecule has 31 heavy (non-hydrogen) atoms. The molecule has 2 heterocycles. The highest BCUT2D eigenvalue weighted by atomic mass is 35.5. The summed E-state index contributed by atoms with van der Waals surface area (Å²) in [5, 5.41) is 17.2. The molecule has 0 radical (unpaired) electrons. The highest BCUT2D eigenvalue weighted by molar-refractivity contribution is 6.33. The molecule has 0 spiro atoms. The molecule has 0 unspecified atom stereocenters. The second-order valence-corrected chi connectivity index (χ2v) is 7.82. The maximum Gasteiger partial charge on any atom is 0.221 e. The first-order valence-corrected chi connectivity index (χ1v) is 10.3. The number of hydrogen-bond acceptors (Lipinski definition) is 6. The van der Waals surface area contributed by atoms with E-state index in [9.17, 15) is 10.1 Å². The summed E-state index contributed by atoms with van der Waals surface area (Å²) in [6.07, 6.45) is 1.55. The number of carbonyl (C=O) groups is 1.